The molecule has 1 amide bonds. The average molecular weight is 256 g/mol. The fourth-order valence-electron chi connectivity index (χ4n) is 2.94. The summed E-state index contributed by atoms with van der Waals surface area (Å²) in [5, 5.41) is 6.41. The van der Waals surface area contributed by atoms with Gasteiger partial charge in [-0.2, -0.15) is 0 Å². The van der Waals surface area contributed by atoms with E-state index >= 15 is 0 Å². The van der Waals surface area contributed by atoms with E-state index in [-0.39, 0.29) is 17.6 Å². The molecule has 1 aliphatic heterocycles. The number of hydrogen-bond donors (Lipinski definition) is 2. The van der Waals surface area contributed by atoms with Crippen LogP contribution in [0.5, 0.6) is 0 Å². The van der Waals surface area contributed by atoms with E-state index in [1.807, 2.05) is 0 Å². The van der Waals surface area contributed by atoms with Crippen LogP contribution in [0, 0.1) is 0 Å². The van der Waals surface area contributed by atoms with Crippen molar-refractivity contribution in [2.45, 2.75) is 43.7 Å². The van der Waals surface area contributed by atoms with Crippen LogP contribution in [0.4, 0.5) is 0 Å². The van der Waals surface area contributed by atoms with Crippen molar-refractivity contribution in [3.05, 3.63) is 0 Å². The summed E-state index contributed by atoms with van der Waals surface area (Å²) in [4.78, 5) is 12.1. The van der Waals surface area contributed by atoms with Crippen molar-refractivity contribution >= 4 is 5.91 Å². The third kappa shape index (κ3) is 3.67. The van der Waals surface area contributed by atoms with E-state index in [1.54, 1.807) is 7.11 Å². The van der Waals surface area contributed by atoms with Gasteiger partial charge in [0.15, 0.2) is 0 Å². The van der Waals surface area contributed by atoms with Crippen molar-refractivity contribution < 1.29 is 14.3 Å². The van der Waals surface area contributed by atoms with Gasteiger partial charge in [-0.3, -0.25) is 4.79 Å². The summed E-state index contributed by atoms with van der Waals surface area (Å²) in [6, 6.07) is 0. The summed E-state index contributed by atoms with van der Waals surface area (Å²) < 4.78 is 10.8. The molecule has 2 aliphatic rings. The maximum atomic E-state index is 12.1. The summed E-state index contributed by atoms with van der Waals surface area (Å²) in [7, 11) is 1.69. The predicted molar refractivity (Wildman–Crippen MR) is 68.4 cm³/mol. The van der Waals surface area contributed by atoms with Gasteiger partial charge in [-0.1, -0.05) is 12.8 Å². The fourth-order valence-corrected chi connectivity index (χ4v) is 2.94. The number of carbonyl (C=O) groups is 1. The van der Waals surface area contributed by atoms with E-state index < -0.39 is 0 Å². The number of rotatable bonds is 5. The molecule has 1 heterocycles. The van der Waals surface area contributed by atoms with Crippen LogP contribution in [-0.2, 0) is 14.3 Å². The molecule has 1 saturated heterocycles. The molecular weight excluding hydrogens is 232 g/mol. The van der Waals surface area contributed by atoms with Gasteiger partial charge in [0.05, 0.1) is 31.3 Å². The Kier molecular flexibility index (Phi) is 4.97. The molecule has 0 aromatic rings. The van der Waals surface area contributed by atoms with Gasteiger partial charge in [0.1, 0.15) is 0 Å². The molecule has 1 atom stereocenters. The molecule has 0 bridgehead atoms. The molecule has 2 N–H and O–H groups in total. The maximum absolute atomic E-state index is 12.1. The van der Waals surface area contributed by atoms with Gasteiger partial charge >= 0.3 is 0 Å². The molecule has 0 radical (unpaired) electrons. The second-order valence-corrected chi connectivity index (χ2v) is 5.37. The highest BCUT2D eigenvalue weighted by atomic mass is 16.5. The standard InChI is InChI=1S/C13H24N2O3/c1-17-10-13(4-2-3-5-13)15-12(16)8-11-9-14-6-7-18-11/h11,14H,2-10H2,1H3,(H,15,16). The molecule has 0 aromatic carbocycles. The van der Waals surface area contributed by atoms with Gasteiger partial charge < -0.3 is 20.1 Å². The lowest BCUT2D eigenvalue weighted by Gasteiger charge is -2.31. The first kappa shape index (κ1) is 13.8. The van der Waals surface area contributed by atoms with E-state index in [9.17, 15) is 4.79 Å². The Bertz CT molecular complexity index is 271. The predicted octanol–water partition coefficient (Wildman–Crippen LogP) is 0.440. The first-order valence-corrected chi connectivity index (χ1v) is 6.86. The van der Waals surface area contributed by atoms with Crippen LogP contribution in [0.15, 0.2) is 0 Å². The molecule has 5 heteroatoms. The van der Waals surface area contributed by atoms with Crippen molar-refractivity contribution in [1.82, 2.24) is 10.6 Å². The highest BCUT2D eigenvalue weighted by molar-refractivity contribution is 5.77. The molecule has 0 spiro atoms. The Hall–Kier alpha value is -0.650. The van der Waals surface area contributed by atoms with E-state index in [0.717, 1.165) is 25.9 Å². The Labute approximate surface area is 109 Å². The summed E-state index contributed by atoms with van der Waals surface area (Å²) in [5.74, 6) is 0.0858. The SMILES string of the molecule is COCC1(NC(=O)CC2CNCCO2)CCCC1. The number of nitrogens with one attached hydrogen (secondary N) is 2. The molecule has 2 fully saturated rings. The smallest absolute Gasteiger partial charge is 0.223 e. The molecule has 18 heavy (non-hydrogen) atoms. The lowest BCUT2D eigenvalue weighted by molar-refractivity contribution is -0.127. The topological polar surface area (TPSA) is 59.6 Å². The van der Waals surface area contributed by atoms with Gasteiger partial charge in [-0.15, -0.1) is 0 Å². The van der Waals surface area contributed by atoms with Gasteiger partial charge in [0.25, 0.3) is 0 Å². The van der Waals surface area contributed by atoms with Crippen LogP contribution < -0.4 is 10.6 Å². The lowest BCUT2D eigenvalue weighted by atomic mass is 9.98. The van der Waals surface area contributed by atoms with E-state index in [0.29, 0.717) is 19.6 Å². The van der Waals surface area contributed by atoms with Crippen LogP contribution in [0.3, 0.4) is 0 Å². The highest BCUT2D eigenvalue weighted by Gasteiger charge is 2.35. The van der Waals surface area contributed by atoms with E-state index in [4.69, 9.17) is 9.47 Å². The quantitative estimate of drug-likeness (QED) is 0.749. The monoisotopic (exact) mass is 256 g/mol. The largest absolute Gasteiger partial charge is 0.382 e. The summed E-state index contributed by atoms with van der Waals surface area (Å²) >= 11 is 0. The van der Waals surface area contributed by atoms with Crippen LogP contribution in [-0.4, -0.2) is 51.0 Å². The van der Waals surface area contributed by atoms with E-state index in [2.05, 4.69) is 10.6 Å². The highest BCUT2D eigenvalue weighted by Crippen LogP contribution is 2.30. The Morgan fingerprint density at radius 1 is 1.50 bits per heavy atom. The first-order valence-electron chi connectivity index (χ1n) is 6.86. The third-order valence-electron chi connectivity index (χ3n) is 3.80. The van der Waals surface area contributed by atoms with Crippen molar-refractivity contribution in [1.29, 1.82) is 0 Å². The van der Waals surface area contributed by atoms with Gasteiger partial charge in [-0.25, -0.2) is 0 Å². The zero-order valence-electron chi connectivity index (χ0n) is 11.2. The number of hydrogen-bond acceptors (Lipinski definition) is 4. The zero-order chi connectivity index (χ0) is 12.8. The first-order chi connectivity index (χ1) is 8.74. The van der Waals surface area contributed by atoms with Crippen molar-refractivity contribution in [3.63, 3.8) is 0 Å². The van der Waals surface area contributed by atoms with Crippen LogP contribution >= 0.6 is 0 Å². The molecule has 0 aromatic heterocycles. The summed E-state index contributed by atoms with van der Waals surface area (Å²) in [5.41, 5.74) is -0.131. The Balaban J connectivity index is 1.81. The summed E-state index contributed by atoms with van der Waals surface area (Å²) in [6.07, 6.45) is 4.85. The number of morpholine rings is 1. The molecular formula is C13H24N2O3. The van der Waals surface area contributed by atoms with Crippen molar-refractivity contribution in [2.75, 3.05) is 33.4 Å². The second kappa shape index (κ2) is 6.50. The van der Waals surface area contributed by atoms with Crippen LogP contribution in [0.25, 0.3) is 0 Å². The lowest BCUT2D eigenvalue weighted by Crippen LogP contribution is -2.51. The van der Waals surface area contributed by atoms with E-state index in [1.165, 1.54) is 12.8 Å². The number of carbonyl (C=O) groups excluding carboxylic acids is 1. The minimum absolute atomic E-state index is 0.0137. The molecule has 1 unspecified atom stereocenters. The molecule has 1 aliphatic carbocycles. The third-order valence-corrected chi connectivity index (χ3v) is 3.80. The normalized spacial score (nSPS) is 27.1. The minimum atomic E-state index is -0.131. The molecule has 1 saturated carbocycles. The molecule has 2 rings (SSSR count). The fraction of sp³-hybridized carbons (Fsp3) is 0.923. The van der Waals surface area contributed by atoms with Gasteiger partial charge in [-0.05, 0) is 12.8 Å². The molecule has 5 nitrogen and oxygen atoms in total. The number of ether oxygens (including phenoxy) is 2. The minimum Gasteiger partial charge on any atom is -0.382 e. The van der Waals surface area contributed by atoms with Crippen molar-refractivity contribution in [3.8, 4) is 0 Å². The average Bonchev–Trinajstić information content (AvgIpc) is 2.79. The van der Waals surface area contributed by atoms with Gasteiger partial charge in [0, 0.05) is 20.2 Å². The van der Waals surface area contributed by atoms with Crippen LogP contribution in [0.2, 0.25) is 0 Å². The number of amides is 1. The maximum Gasteiger partial charge on any atom is 0.223 e. The summed E-state index contributed by atoms with van der Waals surface area (Å²) in [6.45, 7) is 2.96. The Morgan fingerprint density at radius 2 is 2.28 bits per heavy atom. The zero-order valence-corrected chi connectivity index (χ0v) is 11.2. The molecule has 104 valence electrons. The van der Waals surface area contributed by atoms with Gasteiger partial charge in [0.2, 0.25) is 5.91 Å². The second-order valence-electron chi connectivity index (χ2n) is 5.37. The Morgan fingerprint density at radius 3 is 2.89 bits per heavy atom. The number of methoxy groups -OCH3 is 1. The van der Waals surface area contributed by atoms with Crippen molar-refractivity contribution in [2.24, 2.45) is 0 Å². The van der Waals surface area contributed by atoms with Crippen LogP contribution in [0.1, 0.15) is 32.1 Å².